The molecule has 0 bridgehead atoms. The number of hydrogen-bond donors (Lipinski definition) is 1. The average molecular weight is 602 g/mol. The summed E-state index contributed by atoms with van der Waals surface area (Å²) < 4.78 is 34.5. The third-order valence-electron chi connectivity index (χ3n) is 5.19. The molecule has 0 aromatic carbocycles. The maximum Gasteiger partial charge on any atom is 0.388 e. The highest BCUT2D eigenvalue weighted by molar-refractivity contribution is 7.99. The van der Waals surface area contributed by atoms with Crippen LogP contribution in [-0.4, -0.2) is 57.1 Å². The Morgan fingerprint density at radius 1 is 1.10 bits per heavy atom. The minimum absolute atomic E-state index is 0.112. The van der Waals surface area contributed by atoms with Crippen LogP contribution in [0.2, 0.25) is 5.15 Å². The monoisotopic (exact) mass is 601 g/mol. The van der Waals surface area contributed by atoms with Gasteiger partial charge in [-0.25, -0.2) is 24.9 Å². The van der Waals surface area contributed by atoms with Gasteiger partial charge in [0.2, 0.25) is 5.88 Å². The predicted molar refractivity (Wildman–Crippen MR) is 154 cm³/mol. The molecule has 1 N–H and O–H groups in total. The van der Waals surface area contributed by atoms with Crippen molar-refractivity contribution < 1.29 is 23.0 Å². The van der Waals surface area contributed by atoms with Gasteiger partial charge in [-0.05, 0) is 31.8 Å². The summed E-state index contributed by atoms with van der Waals surface area (Å²) in [6.45, 7) is 6.34. The van der Waals surface area contributed by atoms with Crippen LogP contribution in [0.4, 0.5) is 14.6 Å². The lowest BCUT2D eigenvalue weighted by molar-refractivity contribution is -0.0528. The molecular formula is C27H26ClF2N7O3S. The second-order valence-electron chi connectivity index (χ2n) is 7.68. The van der Waals surface area contributed by atoms with Crippen LogP contribution in [0.15, 0.2) is 59.1 Å². The number of halogens is 3. The number of alkyl halides is 2. The number of hydrogen-bond acceptors (Lipinski definition) is 10. The zero-order valence-corrected chi connectivity index (χ0v) is 24.1. The highest BCUT2D eigenvalue weighted by Crippen LogP contribution is 2.34. The predicted octanol–water partition coefficient (Wildman–Crippen LogP) is 6.41. The van der Waals surface area contributed by atoms with Crippen LogP contribution in [0.3, 0.4) is 0 Å². The van der Waals surface area contributed by atoms with Gasteiger partial charge >= 0.3 is 6.61 Å². The van der Waals surface area contributed by atoms with E-state index in [4.69, 9.17) is 16.3 Å². The van der Waals surface area contributed by atoms with E-state index in [-0.39, 0.29) is 22.7 Å². The molecule has 4 aromatic rings. The molecule has 0 unspecified atom stereocenters. The quantitative estimate of drug-likeness (QED) is 0.0950. The summed E-state index contributed by atoms with van der Waals surface area (Å²) >= 11 is 7.28. The van der Waals surface area contributed by atoms with Crippen LogP contribution in [0, 0.1) is 6.92 Å². The standard InChI is InChI=1S/C25H20ClF2N7O3S.C2H6/c1-13-6-15(16-7-20(26)31-11-19(16)37-3)17(9-30-13)23(36)34-12-39-24-22(29-2)33-10-18(35-24)14-4-5-21(32-8-14)38-25(27)28;1-2/h4-11,25H,2,12H2,1,3H3,(H,34,36);1-2H3. The molecule has 10 nitrogen and oxygen atoms in total. The smallest absolute Gasteiger partial charge is 0.388 e. The topological polar surface area (TPSA) is 124 Å². The summed E-state index contributed by atoms with van der Waals surface area (Å²) in [7, 11) is 1.50. The Kier molecular flexibility index (Phi) is 11.4. The van der Waals surface area contributed by atoms with Gasteiger partial charge in [0.1, 0.15) is 15.9 Å². The molecule has 1 amide bonds. The molecule has 0 aliphatic heterocycles. The van der Waals surface area contributed by atoms with E-state index in [9.17, 15) is 13.6 Å². The van der Waals surface area contributed by atoms with Crippen LogP contribution in [-0.2, 0) is 0 Å². The molecule has 0 aliphatic rings. The summed E-state index contributed by atoms with van der Waals surface area (Å²) in [4.78, 5) is 38.0. The van der Waals surface area contributed by atoms with Crippen molar-refractivity contribution in [2.45, 2.75) is 32.4 Å². The van der Waals surface area contributed by atoms with Gasteiger partial charge in [0.15, 0.2) is 5.82 Å². The number of rotatable bonds is 10. The SMILES string of the molecule is C=Nc1ncc(-c2ccc(OC(F)F)nc2)nc1SCNC(=O)c1cnc(C)cc1-c1cc(Cl)ncc1OC.CC. The number of amides is 1. The number of carbonyl (C=O) groups excluding carboxylic acids is 1. The van der Waals surface area contributed by atoms with E-state index >= 15 is 0 Å². The number of methoxy groups -OCH3 is 1. The van der Waals surface area contributed by atoms with E-state index in [0.717, 1.165) is 0 Å². The van der Waals surface area contributed by atoms with Crippen LogP contribution in [0.1, 0.15) is 29.9 Å². The lowest BCUT2D eigenvalue weighted by Crippen LogP contribution is -2.24. The van der Waals surface area contributed by atoms with Gasteiger partial charge in [0.25, 0.3) is 5.91 Å². The Balaban J connectivity index is 0.00000226. The van der Waals surface area contributed by atoms with E-state index in [1.807, 2.05) is 13.8 Å². The minimum Gasteiger partial charge on any atom is -0.494 e. The van der Waals surface area contributed by atoms with Crippen LogP contribution < -0.4 is 14.8 Å². The van der Waals surface area contributed by atoms with Gasteiger partial charge in [0, 0.05) is 40.8 Å². The molecule has 0 aliphatic carbocycles. The van der Waals surface area contributed by atoms with Crippen molar-refractivity contribution in [2.75, 3.05) is 13.0 Å². The van der Waals surface area contributed by atoms with Gasteiger partial charge in [0.05, 0.1) is 36.6 Å². The van der Waals surface area contributed by atoms with Gasteiger partial charge in [-0.2, -0.15) is 8.78 Å². The summed E-state index contributed by atoms with van der Waals surface area (Å²) in [6, 6.07) is 6.20. The second-order valence-corrected chi connectivity index (χ2v) is 9.03. The molecule has 0 saturated heterocycles. The highest BCUT2D eigenvalue weighted by atomic mass is 35.5. The number of carbonyl (C=O) groups is 1. The number of aryl methyl sites for hydroxylation is 1. The van der Waals surface area contributed by atoms with Crippen LogP contribution in [0.25, 0.3) is 22.4 Å². The van der Waals surface area contributed by atoms with Crippen LogP contribution >= 0.6 is 23.4 Å². The maximum absolute atomic E-state index is 13.2. The molecule has 214 valence electrons. The Bertz CT molecular complexity index is 1510. The van der Waals surface area contributed by atoms with E-state index in [2.05, 4.69) is 46.7 Å². The Morgan fingerprint density at radius 3 is 2.54 bits per heavy atom. The van der Waals surface area contributed by atoms with Gasteiger partial charge in [-0.3, -0.25) is 9.78 Å². The molecule has 4 heterocycles. The molecule has 0 spiro atoms. The molecule has 0 fully saturated rings. The van der Waals surface area contributed by atoms with E-state index in [1.54, 1.807) is 19.1 Å². The fourth-order valence-electron chi connectivity index (χ4n) is 3.42. The number of pyridine rings is 3. The molecule has 0 radical (unpaired) electrons. The molecular weight excluding hydrogens is 576 g/mol. The molecule has 4 rings (SSSR count). The first-order valence-electron chi connectivity index (χ1n) is 12.1. The first-order valence-corrected chi connectivity index (χ1v) is 13.5. The average Bonchev–Trinajstić information content (AvgIpc) is 2.98. The van der Waals surface area contributed by atoms with Gasteiger partial charge in [-0.1, -0.05) is 37.2 Å². The largest absolute Gasteiger partial charge is 0.494 e. The van der Waals surface area contributed by atoms with E-state index in [0.29, 0.717) is 44.4 Å². The fourth-order valence-corrected chi connectivity index (χ4v) is 4.33. The van der Waals surface area contributed by atoms with Crippen molar-refractivity contribution in [1.29, 1.82) is 0 Å². The summed E-state index contributed by atoms with van der Waals surface area (Å²) in [5.74, 6) is 0.208. The lowest BCUT2D eigenvalue weighted by Gasteiger charge is -2.14. The van der Waals surface area contributed by atoms with Crippen molar-refractivity contribution >= 4 is 41.8 Å². The summed E-state index contributed by atoms with van der Waals surface area (Å²) in [5, 5.41) is 3.47. The van der Waals surface area contributed by atoms with Gasteiger partial charge < -0.3 is 14.8 Å². The number of ether oxygens (including phenoxy) is 2. The number of nitrogens with zero attached hydrogens (tertiary/aromatic N) is 6. The van der Waals surface area contributed by atoms with Crippen molar-refractivity contribution in [1.82, 2.24) is 30.2 Å². The third kappa shape index (κ3) is 8.14. The van der Waals surface area contributed by atoms with Gasteiger partial charge in [-0.15, -0.1) is 0 Å². The number of thioether (sulfide) groups is 1. The minimum atomic E-state index is -2.98. The molecule has 0 saturated carbocycles. The number of aromatic nitrogens is 5. The first kappa shape index (κ1) is 31.3. The second kappa shape index (κ2) is 15.0. The molecule has 41 heavy (non-hydrogen) atoms. The normalized spacial score (nSPS) is 10.4. The Hall–Kier alpha value is -4.23. The van der Waals surface area contributed by atoms with Crippen LogP contribution in [0.5, 0.6) is 11.6 Å². The molecule has 0 atom stereocenters. The third-order valence-corrected chi connectivity index (χ3v) is 6.23. The maximum atomic E-state index is 13.2. The lowest BCUT2D eigenvalue weighted by atomic mass is 10.0. The number of aliphatic imine (C=N–C) groups is 1. The van der Waals surface area contributed by atoms with Crippen molar-refractivity contribution in [3.05, 3.63) is 65.5 Å². The fraction of sp³-hybridized carbons (Fsp3) is 0.222. The first-order chi connectivity index (χ1) is 19.8. The Morgan fingerprint density at radius 2 is 1.88 bits per heavy atom. The summed E-state index contributed by atoms with van der Waals surface area (Å²) in [5.41, 5.74) is 3.11. The zero-order chi connectivity index (χ0) is 29.9. The highest BCUT2D eigenvalue weighted by Gasteiger charge is 2.18. The van der Waals surface area contributed by atoms with Crippen molar-refractivity contribution in [2.24, 2.45) is 4.99 Å². The van der Waals surface area contributed by atoms with E-state index < -0.39 is 12.5 Å². The molecule has 14 heteroatoms. The van der Waals surface area contributed by atoms with Crippen molar-refractivity contribution in [3.8, 4) is 34.0 Å². The molecule has 4 aromatic heterocycles. The Labute approximate surface area is 244 Å². The zero-order valence-electron chi connectivity index (χ0n) is 22.6. The summed E-state index contributed by atoms with van der Waals surface area (Å²) in [6.07, 6.45) is 5.75. The van der Waals surface area contributed by atoms with Crippen molar-refractivity contribution in [3.63, 3.8) is 0 Å². The number of nitrogens with one attached hydrogen (secondary N) is 1. The van der Waals surface area contributed by atoms with E-state index in [1.165, 1.54) is 55.8 Å².